The van der Waals surface area contributed by atoms with Crippen molar-refractivity contribution in [1.82, 2.24) is 20.0 Å². The molecule has 1 aromatic heterocycles. The van der Waals surface area contributed by atoms with E-state index in [1.807, 2.05) is 48.3 Å². The molecule has 0 saturated carbocycles. The minimum absolute atomic E-state index is 0.0542. The van der Waals surface area contributed by atoms with Crippen molar-refractivity contribution in [2.75, 3.05) is 13.6 Å². The highest BCUT2D eigenvalue weighted by Crippen LogP contribution is 2.10. The van der Waals surface area contributed by atoms with Gasteiger partial charge < -0.3 is 10.2 Å². The van der Waals surface area contributed by atoms with E-state index in [2.05, 4.69) is 41.6 Å². The molecule has 3 aromatic rings. The first-order chi connectivity index (χ1) is 12.6. The summed E-state index contributed by atoms with van der Waals surface area (Å²) in [6.07, 6.45) is 4.47. The Kier molecular flexibility index (Phi) is 5.69. The Morgan fingerprint density at radius 2 is 1.88 bits per heavy atom. The molecule has 2 amide bonds. The number of nitrogens with one attached hydrogen (secondary N) is 1. The third kappa shape index (κ3) is 4.51. The fourth-order valence-corrected chi connectivity index (χ4v) is 2.80. The summed E-state index contributed by atoms with van der Waals surface area (Å²) in [6, 6.07) is 18.2. The number of benzene rings is 2. The molecular weight excluding hydrogens is 324 g/mol. The molecule has 0 aliphatic carbocycles. The average Bonchev–Trinajstić information content (AvgIpc) is 3.19. The number of nitrogens with zero attached hydrogens (tertiary/aromatic N) is 3. The Bertz CT molecular complexity index is 841. The summed E-state index contributed by atoms with van der Waals surface area (Å²) in [5.74, 6) is 0. The zero-order valence-corrected chi connectivity index (χ0v) is 15.2. The van der Waals surface area contributed by atoms with Gasteiger partial charge in [-0.3, -0.25) is 0 Å². The van der Waals surface area contributed by atoms with Gasteiger partial charge in [-0.2, -0.15) is 5.10 Å². The van der Waals surface area contributed by atoms with Gasteiger partial charge in [-0.15, -0.1) is 0 Å². The topological polar surface area (TPSA) is 50.2 Å². The minimum Gasteiger partial charge on any atom is -0.338 e. The smallest absolute Gasteiger partial charge is 0.317 e. The lowest BCUT2D eigenvalue weighted by Crippen LogP contribution is -2.37. The summed E-state index contributed by atoms with van der Waals surface area (Å²) in [7, 11) is 1.82. The Hall–Kier alpha value is -3.08. The van der Waals surface area contributed by atoms with Crippen LogP contribution in [-0.2, 0) is 13.0 Å². The fraction of sp³-hybridized carbons (Fsp3) is 0.238. The van der Waals surface area contributed by atoms with Crippen molar-refractivity contribution >= 4 is 6.03 Å². The minimum atomic E-state index is -0.0542. The normalized spacial score (nSPS) is 10.5. The van der Waals surface area contributed by atoms with Crippen LogP contribution in [0.3, 0.4) is 0 Å². The van der Waals surface area contributed by atoms with Crippen LogP contribution in [-0.4, -0.2) is 34.3 Å². The first kappa shape index (κ1) is 17.7. The molecule has 1 heterocycles. The molecular formula is C21H24N4O. The van der Waals surface area contributed by atoms with Gasteiger partial charge in [-0.1, -0.05) is 36.4 Å². The van der Waals surface area contributed by atoms with E-state index in [4.69, 9.17) is 0 Å². The number of hydrogen-bond acceptors (Lipinski definition) is 2. The molecule has 134 valence electrons. The maximum atomic E-state index is 12.3. The first-order valence-electron chi connectivity index (χ1n) is 8.76. The molecule has 0 aliphatic rings. The SMILES string of the molecule is Cc1ccccc1CN(C)C(=O)NCCc1ccc(-n2cccn2)cc1. The van der Waals surface area contributed by atoms with Gasteiger partial charge in [-0.05, 0) is 48.2 Å². The number of aryl methyl sites for hydroxylation is 1. The number of urea groups is 1. The van der Waals surface area contributed by atoms with E-state index in [9.17, 15) is 4.79 Å². The molecule has 2 aromatic carbocycles. The molecule has 0 unspecified atom stereocenters. The fourth-order valence-electron chi connectivity index (χ4n) is 2.80. The molecule has 5 nitrogen and oxygen atoms in total. The van der Waals surface area contributed by atoms with E-state index in [1.165, 1.54) is 16.7 Å². The standard InChI is InChI=1S/C21H24N4O/c1-17-6-3-4-7-19(17)16-24(2)21(26)22-14-12-18-8-10-20(11-9-18)25-15-5-13-23-25/h3-11,13,15H,12,14,16H2,1-2H3,(H,22,26). The van der Waals surface area contributed by atoms with Gasteiger partial charge in [0.1, 0.15) is 0 Å². The first-order valence-corrected chi connectivity index (χ1v) is 8.76. The molecule has 0 aliphatic heterocycles. The van der Waals surface area contributed by atoms with E-state index in [0.29, 0.717) is 13.1 Å². The summed E-state index contributed by atoms with van der Waals surface area (Å²) in [6.45, 7) is 3.28. The van der Waals surface area contributed by atoms with Crippen LogP contribution >= 0.6 is 0 Å². The van der Waals surface area contributed by atoms with Crippen LogP contribution in [0.1, 0.15) is 16.7 Å². The highest BCUT2D eigenvalue weighted by molar-refractivity contribution is 5.73. The van der Waals surface area contributed by atoms with Gasteiger partial charge in [0.2, 0.25) is 0 Å². The van der Waals surface area contributed by atoms with Gasteiger partial charge in [0.25, 0.3) is 0 Å². The van der Waals surface area contributed by atoms with Crippen molar-refractivity contribution in [2.24, 2.45) is 0 Å². The molecule has 0 radical (unpaired) electrons. The second-order valence-electron chi connectivity index (χ2n) is 6.38. The summed E-state index contributed by atoms with van der Waals surface area (Å²) in [5.41, 5.74) is 4.58. The Morgan fingerprint density at radius 1 is 1.12 bits per heavy atom. The van der Waals surface area contributed by atoms with E-state index >= 15 is 0 Å². The third-order valence-corrected chi connectivity index (χ3v) is 4.41. The highest BCUT2D eigenvalue weighted by atomic mass is 16.2. The van der Waals surface area contributed by atoms with E-state index < -0.39 is 0 Å². The van der Waals surface area contributed by atoms with Crippen molar-refractivity contribution < 1.29 is 4.79 Å². The number of amides is 2. The Labute approximate surface area is 154 Å². The summed E-state index contributed by atoms with van der Waals surface area (Å²) in [4.78, 5) is 14.0. The maximum absolute atomic E-state index is 12.3. The van der Waals surface area contributed by atoms with Crippen LogP contribution in [0.25, 0.3) is 5.69 Å². The Morgan fingerprint density at radius 3 is 2.58 bits per heavy atom. The van der Waals surface area contributed by atoms with Crippen molar-refractivity contribution in [3.63, 3.8) is 0 Å². The van der Waals surface area contributed by atoms with Crippen molar-refractivity contribution in [1.29, 1.82) is 0 Å². The van der Waals surface area contributed by atoms with E-state index in [1.54, 1.807) is 11.1 Å². The maximum Gasteiger partial charge on any atom is 0.317 e. The number of carbonyl (C=O) groups excluding carboxylic acids is 1. The predicted octanol–water partition coefficient (Wildman–Crippen LogP) is 3.56. The molecule has 0 saturated heterocycles. The van der Waals surface area contributed by atoms with Gasteiger partial charge in [0.05, 0.1) is 5.69 Å². The van der Waals surface area contributed by atoms with Crippen LogP contribution < -0.4 is 5.32 Å². The summed E-state index contributed by atoms with van der Waals surface area (Å²) in [5, 5.41) is 7.20. The highest BCUT2D eigenvalue weighted by Gasteiger charge is 2.09. The zero-order chi connectivity index (χ0) is 18.4. The number of aromatic nitrogens is 2. The lowest BCUT2D eigenvalue weighted by Gasteiger charge is -2.19. The monoisotopic (exact) mass is 348 g/mol. The third-order valence-electron chi connectivity index (χ3n) is 4.41. The second-order valence-corrected chi connectivity index (χ2v) is 6.38. The molecule has 0 fully saturated rings. The van der Waals surface area contributed by atoms with Gasteiger partial charge >= 0.3 is 6.03 Å². The van der Waals surface area contributed by atoms with Crippen LogP contribution in [0, 0.1) is 6.92 Å². The molecule has 0 bridgehead atoms. The second kappa shape index (κ2) is 8.34. The lowest BCUT2D eigenvalue weighted by atomic mass is 10.1. The molecule has 26 heavy (non-hydrogen) atoms. The molecule has 1 N–H and O–H groups in total. The molecule has 5 heteroatoms. The van der Waals surface area contributed by atoms with Crippen LogP contribution in [0.2, 0.25) is 0 Å². The number of carbonyl (C=O) groups is 1. The van der Waals surface area contributed by atoms with Crippen molar-refractivity contribution in [3.8, 4) is 5.69 Å². The number of rotatable bonds is 6. The number of hydrogen-bond donors (Lipinski definition) is 1. The lowest BCUT2D eigenvalue weighted by molar-refractivity contribution is 0.207. The van der Waals surface area contributed by atoms with Crippen LogP contribution in [0.4, 0.5) is 4.79 Å². The Balaban J connectivity index is 1.46. The van der Waals surface area contributed by atoms with Gasteiger partial charge in [-0.25, -0.2) is 9.48 Å². The predicted molar refractivity (Wildman–Crippen MR) is 103 cm³/mol. The van der Waals surface area contributed by atoms with E-state index in [-0.39, 0.29) is 6.03 Å². The summed E-state index contributed by atoms with van der Waals surface area (Å²) >= 11 is 0. The summed E-state index contributed by atoms with van der Waals surface area (Å²) < 4.78 is 1.83. The molecule has 3 rings (SSSR count). The van der Waals surface area contributed by atoms with E-state index in [0.717, 1.165) is 12.1 Å². The van der Waals surface area contributed by atoms with Crippen LogP contribution in [0.15, 0.2) is 67.0 Å². The quantitative estimate of drug-likeness (QED) is 0.740. The van der Waals surface area contributed by atoms with Gasteiger partial charge in [0.15, 0.2) is 0 Å². The van der Waals surface area contributed by atoms with Gasteiger partial charge in [0, 0.05) is 32.5 Å². The largest absolute Gasteiger partial charge is 0.338 e. The van der Waals surface area contributed by atoms with Crippen molar-refractivity contribution in [3.05, 3.63) is 83.7 Å². The average molecular weight is 348 g/mol. The van der Waals surface area contributed by atoms with Crippen molar-refractivity contribution in [2.45, 2.75) is 19.9 Å². The van der Waals surface area contributed by atoms with Crippen LogP contribution in [0.5, 0.6) is 0 Å². The zero-order valence-electron chi connectivity index (χ0n) is 15.2. The molecule has 0 atom stereocenters. The molecule has 0 spiro atoms.